The summed E-state index contributed by atoms with van der Waals surface area (Å²) in [4.78, 5) is 23.6. The highest BCUT2D eigenvalue weighted by Crippen LogP contribution is 2.14. The van der Waals surface area contributed by atoms with Crippen LogP contribution in [0.5, 0.6) is 0 Å². The Morgan fingerprint density at radius 1 is 1.42 bits per heavy atom. The van der Waals surface area contributed by atoms with E-state index in [0.717, 1.165) is 38.5 Å². The van der Waals surface area contributed by atoms with Crippen LogP contribution in [-0.2, 0) is 9.53 Å². The van der Waals surface area contributed by atoms with Crippen LogP contribution in [0.15, 0.2) is 12.3 Å². The van der Waals surface area contributed by atoms with E-state index in [9.17, 15) is 4.79 Å². The molecule has 1 fully saturated rings. The van der Waals surface area contributed by atoms with Gasteiger partial charge in [0, 0.05) is 38.9 Å². The van der Waals surface area contributed by atoms with Gasteiger partial charge in [0.2, 0.25) is 5.28 Å². The highest BCUT2D eigenvalue weighted by atomic mass is 35.5. The van der Waals surface area contributed by atoms with Crippen LogP contribution < -0.4 is 4.90 Å². The summed E-state index contributed by atoms with van der Waals surface area (Å²) in [5.41, 5.74) is 0. The van der Waals surface area contributed by atoms with Gasteiger partial charge in [0.1, 0.15) is 5.82 Å². The summed E-state index contributed by atoms with van der Waals surface area (Å²) < 4.78 is 4.64. The highest BCUT2D eigenvalue weighted by molar-refractivity contribution is 6.28. The second kappa shape index (κ2) is 6.68. The Bertz CT molecular complexity index is 435. The van der Waals surface area contributed by atoms with Gasteiger partial charge in [-0.15, -0.1) is 0 Å². The first kappa shape index (κ1) is 14.0. The van der Waals surface area contributed by atoms with Crippen LogP contribution in [0.2, 0.25) is 5.28 Å². The SMILES string of the molecule is COC(=O)CCN1CCN(c2ccnc(Cl)n2)CC1. The standard InChI is InChI=1S/C12H17ClN4O2/c1-19-11(18)3-5-16-6-8-17(9-7-16)10-2-4-14-12(13)15-10/h2,4H,3,5-9H2,1H3. The van der Waals surface area contributed by atoms with E-state index in [2.05, 4.69) is 24.5 Å². The molecule has 1 aliphatic rings. The van der Waals surface area contributed by atoms with Crippen LogP contribution in [0, 0.1) is 0 Å². The number of esters is 1. The van der Waals surface area contributed by atoms with E-state index in [1.807, 2.05) is 6.07 Å². The summed E-state index contributed by atoms with van der Waals surface area (Å²) in [6.07, 6.45) is 2.10. The zero-order chi connectivity index (χ0) is 13.7. The minimum atomic E-state index is -0.162. The van der Waals surface area contributed by atoms with Gasteiger partial charge in [0.05, 0.1) is 13.5 Å². The van der Waals surface area contributed by atoms with E-state index < -0.39 is 0 Å². The molecule has 1 aromatic rings. The van der Waals surface area contributed by atoms with E-state index in [4.69, 9.17) is 11.6 Å². The molecule has 0 unspecified atom stereocenters. The van der Waals surface area contributed by atoms with Crippen LogP contribution in [0.1, 0.15) is 6.42 Å². The molecule has 0 bridgehead atoms. The average molecular weight is 285 g/mol. The zero-order valence-corrected chi connectivity index (χ0v) is 11.6. The summed E-state index contributed by atoms with van der Waals surface area (Å²) in [5, 5.41) is 0.269. The smallest absolute Gasteiger partial charge is 0.306 e. The van der Waals surface area contributed by atoms with Gasteiger partial charge in [0.25, 0.3) is 0 Å². The Morgan fingerprint density at radius 2 is 2.16 bits per heavy atom. The number of ether oxygens (including phenoxy) is 1. The van der Waals surface area contributed by atoms with Crippen LogP contribution in [-0.4, -0.2) is 60.7 Å². The van der Waals surface area contributed by atoms with Gasteiger partial charge in [-0.25, -0.2) is 9.97 Å². The number of carbonyl (C=O) groups excluding carboxylic acids is 1. The topological polar surface area (TPSA) is 58.6 Å². The number of hydrogen-bond acceptors (Lipinski definition) is 6. The van der Waals surface area contributed by atoms with Gasteiger partial charge in [-0.05, 0) is 17.7 Å². The van der Waals surface area contributed by atoms with Crippen molar-refractivity contribution in [1.82, 2.24) is 14.9 Å². The third-order valence-corrected chi connectivity index (χ3v) is 3.35. The maximum absolute atomic E-state index is 11.1. The second-order valence-corrected chi connectivity index (χ2v) is 4.68. The fraction of sp³-hybridized carbons (Fsp3) is 0.583. The van der Waals surface area contributed by atoms with Crippen molar-refractivity contribution >= 4 is 23.4 Å². The normalized spacial score (nSPS) is 16.4. The van der Waals surface area contributed by atoms with Gasteiger partial charge < -0.3 is 9.64 Å². The molecule has 2 rings (SSSR count). The molecule has 0 N–H and O–H groups in total. The van der Waals surface area contributed by atoms with Crippen molar-refractivity contribution in [1.29, 1.82) is 0 Å². The molecule has 0 aromatic carbocycles. The molecule has 2 heterocycles. The maximum atomic E-state index is 11.1. The lowest BCUT2D eigenvalue weighted by Gasteiger charge is -2.35. The molecule has 0 saturated carbocycles. The first-order valence-corrected chi connectivity index (χ1v) is 6.59. The summed E-state index contributed by atoms with van der Waals surface area (Å²) in [5.74, 6) is 0.692. The number of hydrogen-bond donors (Lipinski definition) is 0. The number of aromatic nitrogens is 2. The van der Waals surface area contributed by atoms with Crippen molar-refractivity contribution in [3.8, 4) is 0 Å². The zero-order valence-electron chi connectivity index (χ0n) is 10.9. The minimum Gasteiger partial charge on any atom is -0.469 e. The Kier molecular flexibility index (Phi) is 4.93. The minimum absolute atomic E-state index is 0.162. The van der Waals surface area contributed by atoms with E-state index in [-0.39, 0.29) is 11.3 Å². The lowest BCUT2D eigenvalue weighted by Crippen LogP contribution is -2.47. The third kappa shape index (κ3) is 4.04. The number of anilines is 1. The summed E-state index contributed by atoms with van der Waals surface area (Å²) in [6.45, 7) is 4.28. The molecule has 1 aromatic heterocycles. The molecule has 0 aliphatic carbocycles. The van der Waals surface area contributed by atoms with Crippen molar-refractivity contribution < 1.29 is 9.53 Å². The van der Waals surface area contributed by atoms with Crippen molar-refractivity contribution in [2.45, 2.75) is 6.42 Å². The third-order valence-electron chi connectivity index (χ3n) is 3.17. The second-order valence-electron chi connectivity index (χ2n) is 4.34. The van der Waals surface area contributed by atoms with Gasteiger partial charge in [0.15, 0.2) is 0 Å². The monoisotopic (exact) mass is 284 g/mol. The van der Waals surface area contributed by atoms with E-state index in [1.165, 1.54) is 7.11 Å². The van der Waals surface area contributed by atoms with Crippen LogP contribution in [0.3, 0.4) is 0 Å². The molecule has 0 atom stereocenters. The molecule has 1 aliphatic heterocycles. The first-order chi connectivity index (χ1) is 9.19. The Labute approximate surface area is 117 Å². The molecule has 1 saturated heterocycles. The maximum Gasteiger partial charge on any atom is 0.306 e. The number of halogens is 1. The van der Waals surface area contributed by atoms with Gasteiger partial charge in [-0.3, -0.25) is 9.69 Å². The van der Waals surface area contributed by atoms with Crippen molar-refractivity contribution in [3.05, 3.63) is 17.5 Å². The predicted molar refractivity (Wildman–Crippen MR) is 72.3 cm³/mol. The summed E-state index contributed by atoms with van der Waals surface area (Å²) in [7, 11) is 1.42. The molecular weight excluding hydrogens is 268 g/mol. The highest BCUT2D eigenvalue weighted by Gasteiger charge is 2.18. The molecular formula is C12H17ClN4O2. The molecule has 19 heavy (non-hydrogen) atoms. The van der Waals surface area contributed by atoms with Gasteiger partial charge in [-0.2, -0.15) is 0 Å². The quantitative estimate of drug-likeness (QED) is 0.603. The molecule has 0 amide bonds. The fourth-order valence-corrected chi connectivity index (χ4v) is 2.20. The van der Waals surface area contributed by atoms with E-state index in [0.29, 0.717) is 6.42 Å². The lowest BCUT2D eigenvalue weighted by molar-refractivity contribution is -0.141. The molecule has 0 radical (unpaired) electrons. The van der Waals surface area contributed by atoms with E-state index >= 15 is 0 Å². The molecule has 104 valence electrons. The van der Waals surface area contributed by atoms with Gasteiger partial charge in [-0.1, -0.05) is 0 Å². The predicted octanol–water partition coefficient (Wildman–Crippen LogP) is 0.815. The van der Waals surface area contributed by atoms with Crippen molar-refractivity contribution in [3.63, 3.8) is 0 Å². The Morgan fingerprint density at radius 3 is 2.79 bits per heavy atom. The molecule has 7 heteroatoms. The largest absolute Gasteiger partial charge is 0.469 e. The van der Waals surface area contributed by atoms with Crippen molar-refractivity contribution in [2.75, 3.05) is 44.7 Å². The summed E-state index contributed by atoms with van der Waals surface area (Å²) in [6, 6.07) is 1.86. The molecule has 0 spiro atoms. The van der Waals surface area contributed by atoms with Gasteiger partial charge >= 0.3 is 5.97 Å². The average Bonchev–Trinajstić information content (AvgIpc) is 2.45. The number of methoxy groups -OCH3 is 1. The number of carbonyl (C=O) groups is 1. The number of piperazine rings is 1. The lowest BCUT2D eigenvalue weighted by atomic mass is 10.3. The number of nitrogens with zero attached hydrogens (tertiary/aromatic N) is 4. The van der Waals surface area contributed by atoms with Crippen LogP contribution in [0.25, 0.3) is 0 Å². The Balaban J connectivity index is 1.81. The Hall–Kier alpha value is -1.40. The molecule has 6 nitrogen and oxygen atoms in total. The van der Waals surface area contributed by atoms with Crippen LogP contribution in [0.4, 0.5) is 5.82 Å². The van der Waals surface area contributed by atoms with Crippen molar-refractivity contribution in [2.24, 2.45) is 0 Å². The summed E-state index contributed by atoms with van der Waals surface area (Å²) >= 11 is 5.78. The van der Waals surface area contributed by atoms with Crippen LogP contribution >= 0.6 is 11.6 Å². The first-order valence-electron chi connectivity index (χ1n) is 6.21. The number of rotatable bonds is 4. The van der Waals surface area contributed by atoms with E-state index in [1.54, 1.807) is 6.20 Å². The fourth-order valence-electron chi connectivity index (χ4n) is 2.05.